The van der Waals surface area contributed by atoms with Crippen molar-refractivity contribution in [2.45, 2.75) is 51.5 Å². The average molecular weight is 364 g/mol. The fourth-order valence-corrected chi connectivity index (χ4v) is 5.19. The van der Waals surface area contributed by atoms with E-state index >= 15 is 0 Å². The first-order valence-electron chi connectivity index (χ1n) is 9.76. The number of fused-ring (bicyclic) bond motifs is 1. The summed E-state index contributed by atoms with van der Waals surface area (Å²) in [5.74, 6) is 0.744. The molecule has 1 aromatic carbocycles. The zero-order chi connectivity index (χ0) is 17.8. The van der Waals surface area contributed by atoms with E-state index in [-0.39, 0.29) is 0 Å². The van der Waals surface area contributed by atoms with E-state index in [1.54, 1.807) is 6.26 Å². The Morgan fingerprint density at radius 2 is 2.00 bits per heavy atom. The maximum atomic E-state index is 11.6. The van der Waals surface area contributed by atoms with Gasteiger partial charge in [0.2, 0.25) is 0 Å². The van der Waals surface area contributed by atoms with Gasteiger partial charge in [-0.1, -0.05) is 13.0 Å². The van der Waals surface area contributed by atoms with Crippen LogP contribution in [0, 0.1) is 5.92 Å². The molecule has 4 nitrogen and oxygen atoms in total. The smallest absolute Gasteiger partial charge is 0.0910 e. The second-order valence-corrected chi connectivity index (χ2v) is 9.08. The topological polar surface area (TPSA) is 49.6 Å². The second-order valence-electron chi connectivity index (χ2n) is 7.72. The highest BCUT2D eigenvalue weighted by Gasteiger charge is 2.28. The van der Waals surface area contributed by atoms with Gasteiger partial charge in [0, 0.05) is 37.6 Å². The van der Waals surface area contributed by atoms with Gasteiger partial charge in [-0.05, 0) is 74.2 Å². The van der Waals surface area contributed by atoms with Crippen molar-refractivity contribution >= 4 is 16.7 Å². The van der Waals surface area contributed by atoms with E-state index in [1.165, 1.54) is 56.3 Å². The molecule has 2 atom stereocenters. The van der Waals surface area contributed by atoms with Crippen LogP contribution in [0.2, 0.25) is 0 Å². The third kappa shape index (κ3) is 4.83. The molecule has 3 rings (SSSR count). The molecule has 1 fully saturated rings. The van der Waals surface area contributed by atoms with Crippen molar-refractivity contribution in [2.24, 2.45) is 5.92 Å². The van der Waals surface area contributed by atoms with Crippen molar-refractivity contribution in [3.05, 3.63) is 29.3 Å². The van der Waals surface area contributed by atoms with Gasteiger partial charge >= 0.3 is 0 Å². The first-order valence-corrected chi connectivity index (χ1v) is 11.3. The largest absolute Gasteiger partial charge is 0.399 e. The van der Waals surface area contributed by atoms with Crippen LogP contribution in [-0.4, -0.2) is 51.9 Å². The zero-order valence-corrected chi connectivity index (χ0v) is 16.6. The molecule has 0 bridgehead atoms. The van der Waals surface area contributed by atoms with E-state index in [0.717, 1.165) is 31.1 Å². The molecule has 1 aromatic rings. The number of nitrogens with two attached hydrogens (primary N) is 1. The van der Waals surface area contributed by atoms with Crippen molar-refractivity contribution in [3.8, 4) is 0 Å². The average Bonchev–Trinajstić information content (AvgIpc) is 2.61. The van der Waals surface area contributed by atoms with Crippen molar-refractivity contribution in [1.82, 2.24) is 9.21 Å². The predicted molar refractivity (Wildman–Crippen MR) is 107 cm³/mol. The minimum atomic E-state index is -0.807. The molecular formula is C20H33N3OS. The Kier molecular flexibility index (Phi) is 6.53. The highest BCUT2D eigenvalue weighted by Crippen LogP contribution is 2.28. The van der Waals surface area contributed by atoms with Gasteiger partial charge in [-0.2, -0.15) is 0 Å². The van der Waals surface area contributed by atoms with Crippen LogP contribution in [0.4, 0.5) is 5.69 Å². The minimum Gasteiger partial charge on any atom is -0.399 e. The summed E-state index contributed by atoms with van der Waals surface area (Å²) >= 11 is 0. The number of hydrogen-bond acceptors (Lipinski definition) is 3. The number of rotatable bonds is 6. The van der Waals surface area contributed by atoms with Gasteiger partial charge in [0.1, 0.15) is 0 Å². The lowest BCUT2D eigenvalue weighted by atomic mass is 9.86. The number of aryl methyl sites for hydroxylation is 1. The summed E-state index contributed by atoms with van der Waals surface area (Å²) in [7, 11) is -0.807. The third-order valence-corrected chi connectivity index (χ3v) is 6.98. The van der Waals surface area contributed by atoms with Crippen LogP contribution in [0.15, 0.2) is 18.2 Å². The molecule has 1 aliphatic carbocycles. The van der Waals surface area contributed by atoms with E-state index in [9.17, 15) is 4.21 Å². The van der Waals surface area contributed by atoms with Crippen LogP contribution in [0.1, 0.15) is 43.7 Å². The maximum Gasteiger partial charge on any atom is 0.0910 e. The molecule has 0 aromatic heterocycles. The molecule has 0 saturated carbocycles. The van der Waals surface area contributed by atoms with E-state index in [0.29, 0.717) is 6.04 Å². The number of nitrogen functional groups attached to an aromatic ring is 1. The molecule has 140 valence electrons. The third-order valence-electron chi connectivity index (χ3n) is 5.89. The summed E-state index contributed by atoms with van der Waals surface area (Å²) in [6.45, 7) is 6.63. The summed E-state index contributed by atoms with van der Waals surface area (Å²) in [5.41, 5.74) is 9.83. The Morgan fingerprint density at radius 1 is 1.24 bits per heavy atom. The maximum absolute atomic E-state index is 11.6. The van der Waals surface area contributed by atoms with E-state index in [2.05, 4.69) is 28.3 Å². The van der Waals surface area contributed by atoms with Gasteiger partial charge in [-0.15, -0.1) is 0 Å². The number of hydrogen-bond donors (Lipinski definition) is 1. The SMILES string of the molecule is CCCN(CC1CCN(S(C)=O)CC1)C1CCc2ccc(N)cc2C1. The van der Waals surface area contributed by atoms with Gasteiger partial charge in [0.15, 0.2) is 0 Å². The Labute approximate surface area is 155 Å². The number of nitrogens with zero attached hydrogens (tertiary/aromatic N) is 2. The lowest BCUT2D eigenvalue weighted by molar-refractivity contribution is 0.130. The molecule has 5 heteroatoms. The fraction of sp³-hybridized carbons (Fsp3) is 0.700. The highest BCUT2D eigenvalue weighted by atomic mass is 32.2. The Hall–Kier alpha value is -0.910. The molecular weight excluding hydrogens is 330 g/mol. The molecule has 1 saturated heterocycles. The van der Waals surface area contributed by atoms with Crippen LogP contribution in [-0.2, 0) is 23.8 Å². The normalized spacial score (nSPS) is 23.6. The first-order chi connectivity index (χ1) is 12.1. The van der Waals surface area contributed by atoms with Gasteiger partial charge in [-0.3, -0.25) is 4.90 Å². The molecule has 1 aliphatic heterocycles. The van der Waals surface area contributed by atoms with Gasteiger partial charge in [0.05, 0.1) is 11.0 Å². The van der Waals surface area contributed by atoms with Crippen LogP contribution < -0.4 is 5.73 Å². The number of benzene rings is 1. The fourth-order valence-electron chi connectivity index (χ4n) is 4.46. The summed E-state index contributed by atoms with van der Waals surface area (Å²) in [6, 6.07) is 7.08. The first kappa shape index (κ1) is 18.9. The van der Waals surface area contributed by atoms with Crippen LogP contribution >= 0.6 is 0 Å². The standard InChI is InChI=1S/C20H33N3OS/c1-3-10-22(15-16-8-11-23(12-9-16)25(2)24)20-7-5-17-4-6-19(21)13-18(17)14-20/h4,6,13,16,20H,3,5,7-12,14-15,21H2,1-2H3. The van der Waals surface area contributed by atoms with E-state index < -0.39 is 11.0 Å². The number of anilines is 1. The van der Waals surface area contributed by atoms with E-state index in [4.69, 9.17) is 5.73 Å². The molecule has 0 amide bonds. The monoisotopic (exact) mass is 363 g/mol. The zero-order valence-electron chi connectivity index (χ0n) is 15.7. The van der Waals surface area contributed by atoms with Crippen LogP contribution in [0.3, 0.4) is 0 Å². The summed E-state index contributed by atoms with van der Waals surface area (Å²) in [4.78, 5) is 2.73. The van der Waals surface area contributed by atoms with Crippen molar-refractivity contribution in [2.75, 3.05) is 38.2 Å². The molecule has 2 N–H and O–H groups in total. The summed E-state index contributed by atoms with van der Waals surface area (Å²) < 4.78 is 13.7. The van der Waals surface area contributed by atoms with Gasteiger partial charge in [-0.25, -0.2) is 8.51 Å². The predicted octanol–water partition coefficient (Wildman–Crippen LogP) is 2.84. The quantitative estimate of drug-likeness (QED) is 0.791. The molecule has 2 aliphatic rings. The van der Waals surface area contributed by atoms with Crippen LogP contribution in [0.5, 0.6) is 0 Å². The Morgan fingerprint density at radius 3 is 2.68 bits per heavy atom. The molecule has 0 radical (unpaired) electrons. The van der Waals surface area contributed by atoms with E-state index in [1.807, 2.05) is 6.07 Å². The highest BCUT2D eigenvalue weighted by molar-refractivity contribution is 7.81. The number of piperidine rings is 1. The lowest BCUT2D eigenvalue weighted by Gasteiger charge is -2.39. The summed E-state index contributed by atoms with van der Waals surface area (Å²) in [6.07, 6.45) is 8.93. The van der Waals surface area contributed by atoms with Gasteiger partial charge < -0.3 is 5.73 Å². The Bertz CT molecular complexity index is 599. The van der Waals surface area contributed by atoms with Crippen molar-refractivity contribution in [3.63, 3.8) is 0 Å². The molecule has 25 heavy (non-hydrogen) atoms. The second kappa shape index (κ2) is 8.65. The minimum absolute atomic E-state index is 0.646. The van der Waals surface area contributed by atoms with Gasteiger partial charge in [0.25, 0.3) is 0 Å². The Balaban J connectivity index is 1.61. The lowest BCUT2D eigenvalue weighted by Crippen LogP contribution is -2.45. The van der Waals surface area contributed by atoms with Crippen molar-refractivity contribution < 1.29 is 4.21 Å². The molecule has 2 unspecified atom stereocenters. The van der Waals surface area contributed by atoms with Crippen molar-refractivity contribution in [1.29, 1.82) is 0 Å². The molecule has 0 spiro atoms. The molecule has 1 heterocycles. The summed E-state index contributed by atoms with van der Waals surface area (Å²) in [5, 5.41) is 0. The van der Waals surface area contributed by atoms with Crippen LogP contribution in [0.25, 0.3) is 0 Å².